The Morgan fingerprint density at radius 1 is 1.10 bits per heavy atom. The second-order valence-corrected chi connectivity index (χ2v) is 7.81. The van der Waals surface area contributed by atoms with Gasteiger partial charge in [-0.25, -0.2) is 4.79 Å². The molecule has 0 aliphatic carbocycles. The molecule has 1 aromatic heterocycles. The van der Waals surface area contributed by atoms with Crippen LogP contribution in [0.15, 0.2) is 24.3 Å². The lowest BCUT2D eigenvalue weighted by molar-refractivity contribution is -0.129. The van der Waals surface area contributed by atoms with Gasteiger partial charge in [0, 0.05) is 29.5 Å². The Morgan fingerprint density at radius 3 is 2.34 bits per heavy atom. The van der Waals surface area contributed by atoms with Crippen LogP contribution in [0.25, 0.3) is 0 Å². The molecule has 1 aliphatic rings. The molecule has 1 aromatic carbocycles. The number of carbonyl (C=O) groups excluding carboxylic acids is 4. The monoisotopic (exact) mass is 414 g/mol. The number of amides is 2. The average Bonchev–Trinajstić information content (AvgIpc) is 3.05. The summed E-state index contributed by atoms with van der Waals surface area (Å²) in [6.07, 6.45) is 0.530. The number of rotatable bonds is 5. The predicted octanol–water partition coefficient (Wildman–Crippen LogP) is 3.28. The first kappa shape index (κ1) is 20.7. The van der Waals surface area contributed by atoms with E-state index < -0.39 is 5.97 Å². The molecular weight excluding hydrogens is 392 g/mol. The van der Waals surface area contributed by atoms with Gasteiger partial charge in [0.2, 0.25) is 5.91 Å². The number of carbonyl (C=O) groups is 4. The minimum Gasteiger partial charge on any atom is -0.462 e. The van der Waals surface area contributed by atoms with Gasteiger partial charge in [0.15, 0.2) is 5.78 Å². The molecule has 0 unspecified atom stereocenters. The molecule has 0 saturated heterocycles. The van der Waals surface area contributed by atoms with E-state index in [2.05, 4.69) is 5.32 Å². The number of Topliss-reactive ketones (excluding diaryl/α,β-unsaturated/α-hetero) is 1. The standard InChI is InChI=1S/C21H22N2O5S/c1-4-28-21(27)18-16-9-10-23(13(3)25)11-17(16)29-20(18)22-19(26)15-7-5-14(6-8-15)12(2)24/h5-8H,4,9-11H2,1-3H3,(H,22,26). The molecule has 2 amide bonds. The highest BCUT2D eigenvalue weighted by molar-refractivity contribution is 7.17. The third kappa shape index (κ3) is 4.37. The molecule has 1 aliphatic heterocycles. The highest BCUT2D eigenvalue weighted by Crippen LogP contribution is 2.38. The predicted molar refractivity (Wildman–Crippen MR) is 109 cm³/mol. The van der Waals surface area contributed by atoms with E-state index >= 15 is 0 Å². The van der Waals surface area contributed by atoms with Gasteiger partial charge in [0.1, 0.15) is 5.00 Å². The van der Waals surface area contributed by atoms with Gasteiger partial charge in [-0.2, -0.15) is 0 Å². The second kappa shape index (κ2) is 8.57. The van der Waals surface area contributed by atoms with Gasteiger partial charge >= 0.3 is 5.97 Å². The van der Waals surface area contributed by atoms with Crippen LogP contribution in [0.3, 0.4) is 0 Å². The largest absolute Gasteiger partial charge is 0.462 e. The van der Waals surface area contributed by atoms with E-state index in [-0.39, 0.29) is 24.2 Å². The van der Waals surface area contributed by atoms with Crippen molar-refractivity contribution in [2.45, 2.75) is 33.7 Å². The maximum atomic E-state index is 12.7. The summed E-state index contributed by atoms with van der Waals surface area (Å²) in [5.74, 6) is -0.975. The molecule has 3 rings (SSSR count). The van der Waals surface area contributed by atoms with Crippen LogP contribution >= 0.6 is 11.3 Å². The van der Waals surface area contributed by atoms with Gasteiger partial charge in [0.05, 0.1) is 18.7 Å². The summed E-state index contributed by atoms with van der Waals surface area (Å²) < 4.78 is 5.20. The van der Waals surface area contributed by atoms with Gasteiger partial charge in [-0.3, -0.25) is 14.4 Å². The first-order valence-electron chi connectivity index (χ1n) is 9.31. The van der Waals surface area contributed by atoms with Crippen molar-refractivity contribution in [3.05, 3.63) is 51.4 Å². The number of thiophene rings is 1. The van der Waals surface area contributed by atoms with E-state index in [0.717, 1.165) is 10.4 Å². The smallest absolute Gasteiger partial charge is 0.341 e. The molecule has 0 spiro atoms. The lowest BCUT2D eigenvalue weighted by atomic mass is 10.0. The maximum absolute atomic E-state index is 12.7. The van der Waals surface area contributed by atoms with Crippen molar-refractivity contribution in [1.82, 2.24) is 4.90 Å². The number of ether oxygens (including phenoxy) is 1. The van der Waals surface area contributed by atoms with Crippen molar-refractivity contribution < 1.29 is 23.9 Å². The SMILES string of the molecule is CCOC(=O)c1c(NC(=O)c2ccc(C(C)=O)cc2)sc2c1CCN(C(C)=O)C2. The quantitative estimate of drug-likeness (QED) is 0.599. The van der Waals surface area contributed by atoms with Crippen molar-refractivity contribution in [1.29, 1.82) is 0 Å². The van der Waals surface area contributed by atoms with Gasteiger partial charge in [-0.05, 0) is 38.0 Å². The van der Waals surface area contributed by atoms with Gasteiger partial charge in [-0.1, -0.05) is 12.1 Å². The molecule has 7 nitrogen and oxygen atoms in total. The minimum absolute atomic E-state index is 0.0297. The molecular formula is C21H22N2O5S. The van der Waals surface area contributed by atoms with Crippen LogP contribution in [0.4, 0.5) is 5.00 Å². The first-order chi connectivity index (χ1) is 13.8. The fourth-order valence-corrected chi connectivity index (χ4v) is 4.46. The topological polar surface area (TPSA) is 92.8 Å². The van der Waals surface area contributed by atoms with E-state index in [1.54, 1.807) is 36.1 Å². The molecule has 0 saturated carbocycles. The fourth-order valence-electron chi connectivity index (χ4n) is 3.21. The van der Waals surface area contributed by atoms with Crippen molar-refractivity contribution in [2.75, 3.05) is 18.5 Å². The Labute approximate surface area is 172 Å². The number of hydrogen-bond donors (Lipinski definition) is 1. The number of nitrogens with one attached hydrogen (secondary N) is 1. The number of hydrogen-bond acceptors (Lipinski definition) is 6. The summed E-state index contributed by atoms with van der Waals surface area (Å²) in [7, 11) is 0. The summed E-state index contributed by atoms with van der Waals surface area (Å²) in [5.41, 5.74) is 2.09. The number of ketones is 1. The van der Waals surface area contributed by atoms with Gasteiger partial charge in [0.25, 0.3) is 5.91 Å². The van der Waals surface area contributed by atoms with E-state index in [1.165, 1.54) is 25.2 Å². The Hall–Kier alpha value is -3.00. The van der Waals surface area contributed by atoms with Crippen LogP contribution in [0.5, 0.6) is 0 Å². The summed E-state index contributed by atoms with van der Waals surface area (Å²) in [6.45, 7) is 5.85. The number of esters is 1. The van der Waals surface area contributed by atoms with Crippen LogP contribution in [-0.2, 0) is 22.5 Å². The molecule has 0 radical (unpaired) electrons. The molecule has 0 fully saturated rings. The van der Waals surface area contributed by atoms with Crippen LogP contribution < -0.4 is 5.32 Å². The zero-order valence-electron chi connectivity index (χ0n) is 16.5. The van der Waals surface area contributed by atoms with Crippen molar-refractivity contribution in [3.63, 3.8) is 0 Å². The Balaban J connectivity index is 1.91. The Kier molecular flexibility index (Phi) is 6.12. The summed E-state index contributed by atoms with van der Waals surface area (Å²) in [6, 6.07) is 6.32. The third-order valence-electron chi connectivity index (χ3n) is 4.76. The highest BCUT2D eigenvalue weighted by atomic mass is 32.1. The first-order valence-corrected chi connectivity index (χ1v) is 10.1. The third-order valence-corrected chi connectivity index (χ3v) is 5.89. The summed E-state index contributed by atoms with van der Waals surface area (Å²) in [4.78, 5) is 51.0. The maximum Gasteiger partial charge on any atom is 0.341 e. The number of nitrogens with zero attached hydrogens (tertiary/aromatic N) is 1. The molecule has 152 valence electrons. The van der Waals surface area contributed by atoms with Crippen LogP contribution in [-0.4, -0.2) is 41.6 Å². The fraction of sp³-hybridized carbons (Fsp3) is 0.333. The molecule has 0 bridgehead atoms. The lowest BCUT2D eigenvalue weighted by Crippen LogP contribution is -2.34. The Bertz CT molecular complexity index is 978. The van der Waals surface area contributed by atoms with E-state index in [1.807, 2.05) is 0 Å². The molecule has 2 heterocycles. The summed E-state index contributed by atoms with van der Waals surface area (Å²) in [5, 5.41) is 3.22. The van der Waals surface area contributed by atoms with Crippen LogP contribution in [0.2, 0.25) is 0 Å². The molecule has 0 atom stereocenters. The summed E-state index contributed by atoms with van der Waals surface area (Å²) >= 11 is 1.29. The minimum atomic E-state index is -0.483. The lowest BCUT2D eigenvalue weighted by Gasteiger charge is -2.25. The van der Waals surface area contributed by atoms with Crippen molar-refractivity contribution in [2.24, 2.45) is 0 Å². The van der Waals surface area contributed by atoms with Gasteiger partial charge in [-0.15, -0.1) is 11.3 Å². The van der Waals surface area contributed by atoms with Gasteiger partial charge < -0.3 is 15.0 Å². The zero-order chi connectivity index (χ0) is 21.1. The normalized spacial score (nSPS) is 12.9. The molecule has 1 N–H and O–H groups in total. The molecule has 2 aromatic rings. The van der Waals surface area contributed by atoms with Crippen LogP contribution in [0.1, 0.15) is 62.3 Å². The number of fused-ring (bicyclic) bond motifs is 1. The van der Waals surface area contributed by atoms with Crippen molar-refractivity contribution in [3.8, 4) is 0 Å². The average molecular weight is 414 g/mol. The van der Waals surface area contributed by atoms with E-state index in [4.69, 9.17) is 4.74 Å². The number of benzene rings is 1. The van der Waals surface area contributed by atoms with E-state index in [9.17, 15) is 19.2 Å². The Morgan fingerprint density at radius 2 is 1.76 bits per heavy atom. The zero-order valence-corrected chi connectivity index (χ0v) is 17.4. The molecule has 29 heavy (non-hydrogen) atoms. The molecule has 8 heteroatoms. The van der Waals surface area contributed by atoms with Crippen molar-refractivity contribution >= 4 is 39.9 Å². The van der Waals surface area contributed by atoms with Crippen LogP contribution in [0, 0.1) is 0 Å². The second-order valence-electron chi connectivity index (χ2n) is 6.71. The highest BCUT2D eigenvalue weighted by Gasteiger charge is 2.30. The number of anilines is 1. The van der Waals surface area contributed by atoms with E-state index in [0.29, 0.717) is 41.2 Å².